The number of hydrogen-bond acceptors (Lipinski definition) is 3. The van der Waals surface area contributed by atoms with Crippen molar-refractivity contribution in [2.24, 2.45) is 0 Å². The van der Waals surface area contributed by atoms with Crippen LogP contribution in [0.4, 0.5) is 20.2 Å². The van der Waals surface area contributed by atoms with Crippen molar-refractivity contribution in [2.75, 3.05) is 17.1 Å². The van der Waals surface area contributed by atoms with Gasteiger partial charge in [0.05, 0.1) is 11.4 Å². The Morgan fingerprint density at radius 3 is 2.40 bits per heavy atom. The Bertz CT molecular complexity index is 748. The van der Waals surface area contributed by atoms with Crippen LogP contribution in [-0.4, -0.2) is 15.5 Å². The molecule has 2 aromatic carbocycles. The van der Waals surface area contributed by atoms with Crippen LogP contribution in [0, 0.1) is 11.6 Å². The van der Waals surface area contributed by atoms with Crippen LogP contribution in [0.15, 0.2) is 47.4 Å². The molecule has 0 heterocycles. The van der Waals surface area contributed by atoms with E-state index in [0.29, 0.717) is 0 Å². The first-order chi connectivity index (χ1) is 9.34. The van der Waals surface area contributed by atoms with Crippen molar-refractivity contribution in [3.8, 4) is 0 Å². The van der Waals surface area contributed by atoms with Crippen LogP contribution in [0.3, 0.4) is 0 Å². The monoisotopic (exact) mass is 298 g/mol. The van der Waals surface area contributed by atoms with Crippen LogP contribution in [0.1, 0.15) is 0 Å². The molecule has 4 nitrogen and oxygen atoms in total. The van der Waals surface area contributed by atoms with Gasteiger partial charge in [-0.15, -0.1) is 0 Å². The first-order valence-electron chi connectivity index (χ1n) is 5.62. The molecule has 0 fully saturated rings. The Morgan fingerprint density at radius 1 is 1.10 bits per heavy atom. The fraction of sp³-hybridized carbons (Fsp3) is 0.0769. The van der Waals surface area contributed by atoms with E-state index in [-0.39, 0.29) is 11.4 Å². The van der Waals surface area contributed by atoms with Gasteiger partial charge < -0.3 is 5.73 Å². The molecule has 2 rings (SSSR count). The predicted molar refractivity (Wildman–Crippen MR) is 72.8 cm³/mol. The molecule has 2 aromatic rings. The summed E-state index contributed by atoms with van der Waals surface area (Å²) >= 11 is 0. The van der Waals surface area contributed by atoms with Gasteiger partial charge in [-0.3, -0.25) is 4.31 Å². The first-order valence-corrected chi connectivity index (χ1v) is 7.06. The summed E-state index contributed by atoms with van der Waals surface area (Å²) in [5.41, 5.74) is 5.32. The van der Waals surface area contributed by atoms with E-state index in [2.05, 4.69) is 0 Å². The van der Waals surface area contributed by atoms with Crippen molar-refractivity contribution < 1.29 is 17.2 Å². The topological polar surface area (TPSA) is 63.4 Å². The van der Waals surface area contributed by atoms with E-state index in [1.165, 1.54) is 25.2 Å². The Labute approximate surface area is 115 Å². The van der Waals surface area contributed by atoms with Gasteiger partial charge in [0.2, 0.25) is 0 Å². The molecule has 0 aliphatic rings. The number of halogens is 2. The molecule has 0 saturated carbocycles. The molecule has 0 aliphatic carbocycles. The SMILES string of the molecule is CN(c1ccccc1F)S(=O)(=O)c1cc(F)ccc1N. The summed E-state index contributed by atoms with van der Waals surface area (Å²) < 4.78 is 52.3. The summed E-state index contributed by atoms with van der Waals surface area (Å²) in [5.74, 6) is -1.44. The molecule has 0 atom stereocenters. The minimum absolute atomic E-state index is 0.102. The number of anilines is 2. The third kappa shape index (κ3) is 2.44. The molecule has 2 N–H and O–H groups in total. The average molecular weight is 298 g/mol. The van der Waals surface area contributed by atoms with Gasteiger partial charge in [0, 0.05) is 7.05 Å². The molecule has 0 aromatic heterocycles. The van der Waals surface area contributed by atoms with E-state index in [9.17, 15) is 17.2 Å². The van der Waals surface area contributed by atoms with Gasteiger partial charge in [-0.2, -0.15) is 0 Å². The van der Waals surface area contributed by atoms with Crippen molar-refractivity contribution in [1.29, 1.82) is 0 Å². The standard InChI is InChI=1S/C13H12F2N2O2S/c1-17(12-5-3-2-4-10(12)15)20(18,19)13-8-9(14)6-7-11(13)16/h2-8H,16H2,1H3. The summed E-state index contributed by atoms with van der Waals surface area (Å²) in [6.45, 7) is 0. The van der Waals surface area contributed by atoms with E-state index in [4.69, 9.17) is 5.73 Å². The second kappa shape index (κ2) is 5.09. The van der Waals surface area contributed by atoms with Gasteiger partial charge >= 0.3 is 0 Å². The minimum Gasteiger partial charge on any atom is -0.398 e. The maximum atomic E-state index is 13.7. The van der Waals surface area contributed by atoms with Crippen molar-refractivity contribution in [3.05, 3.63) is 54.1 Å². The summed E-state index contributed by atoms with van der Waals surface area (Å²) in [7, 11) is -2.96. The Hall–Kier alpha value is -2.15. The number of rotatable bonds is 3. The van der Waals surface area contributed by atoms with Gasteiger partial charge in [0.1, 0.15) is 16.5 Å². The number of nitrogens with zero attached hydrogens (tertiary/aromatic N) is 1. The molecule has 106 valence electrons. The normalized spacial score (nSPS) is 11.3. The largest absolute Gasteiger partial charge is 0.398 e. The number of hydrogen-bond donors (Lipinski definition) is 1. The third-order valence-corrected chi connectivity index (χ3v) is 4.63. The van der Waals surface area contributed by atoms with Gasteiger partial charge in [0.15, 0.2) is 0 Å². The van der Waals surface area contributed by atoms with E-state index in [0.717, 1.165) is 28.6 Å². The maximum absolute atomic E-state index is 13.7. The van der Waals surface area contributed by atoms with E-state index in [1.54, 1.807) is 0 Å². The Morgan fingerprint density at radius 2 is 1.75 bits per heavy atom. The second-order valence-corrected chi connectivity index (χ2v) is 6.04. The fourth-order valence-electron chi connectivity index (χ4n) is 1.72. The highest BCUT2D eigenvalue weighted by atomic mass is 32.2. The van der Waals surface area contributed by atoms with E-state index >= 15 is 0 Å². The lowest BCUT2D eigenvalue weighted by atomic mass is 10.3. The Balaban J connectivity index is 2.56. The highest BCUT2D eigenvalue weighted by molar-refractivity contribution is 7.93. The molecular weight excluding hydrogens is 286 g/mol. The minimum atomic E-state index is -4.14. The zero-order chi connectivity index (χ0) is 14.9. The van der Waals surface area contributed by atoms with Crippen LogP contribution in [0.25, 0.3) is 0 Å². The van der Waals surface area contributed by atoms with E-state index < -0.39 is 26.6 Å². The zero-order valence-electron chi connectivity index (χ0n) is 10.5. The average Bonchev–Trinajstić information content (AvgIpc) is 2.41. The number of nitrogens with two attached hydrogens (primary N) is 1. The summed E-state index contributed by atoms with van der Waals surface area (Å²) in [6, 6.07) is 8.39. The first kappa shape index (κ1) is 14.3. The predicted octanol–water partition coefficient (Wildman–Crippen LogP) is 2.37. The van der Waals surface area contributed by atoms with Crippen molar-refractivity contribution in [3.63, 3.8) is 0 Å². The molecule has 0 bridgehead atoms. The van der Waals surface area contributed by atoms with Crippen LogP contribution in [0.5, 0.6) is 0 Å². The van der Waals surface area contributed by atoms with Crippen molar-refractivity contribution in [1.82, 2.24) is 0 Å². The molecule has 0 radical (unpaired) electrons. The number of benzene rings is 2. The molecule has 0 spiro atoms. The van der Waals surface area contributed by atoms with Gasteiger partial charge in [0.25, 0.3) is 10.0 Å². The third-order valence-electron chi connectivity index (χ3n) is 2.81. The van der Waals surface area contributed by atoms with Gasteiger partial charge in [-0.1, -0.05) is 12.1 Å². The lowest BCUT2D eigenvalue weighted by molar-refractivity contribution is 0.586. The van der Waals surface area contributed by atoms with Crippen LogP contribution < -0.4 is 10.0 Å². The highest BCUT2D eigenvalue weighted by Gasteiger charge is 2.25. The quantitative estimate of drug-likeness (QED) is 0.885. The lowest BCUT2D eigenvalue weighted by Gasteiger charge is -2.20. The van der Waals surface area contributed by atoms with Gasteiger partial charge in [-0.05, 0) is 30.3 Å². The molecule has 7 heteroatoms. The summed E-state index contributed by atoms with van der Waals surface area (Å²) in [6.07, 6.45) is 0. The smallest absolute Gasteiger partial charge is 0.266 e. The van der Waals surface area contributed by atoms with Crippen LogP contribution in [0.2, 0.25) is 0 Å². The fourth-order valence-corrected chi connectivity index (χ4v) is 3.05. The van der Waals surface area contributed by atoms with Crippen LogP contribution >= 0.6 is 0 Å². The maximum Gasteiger partial charge on any atom is 0.266 e. The van der Waals surface area contributed by atoms with E-state index in [1.807, 2.05) is 0 Å². The number of sulfonamides is 1. The molecule has 0 amide bonds. The molecule has 0 aliphatic heterocycles. The highest BCUT2D eigenvalue weighted by Crippen LogP contribution is 2.27. The second-order valence-electron chi connectivity index (χ2n) is 4.11. The number of para-hydroxylation sites is 1. The number of nitrogen functional groups attached to an aromatic ring is 1. The Kier molecular flexibility index (Phi) is 3.63. The van der Waals surface area contributed by atoms with Crippen molar-refractivity contribution in [2.45, 2.75) is 4.90 Å². The van der Waals surface area contributed by atoms with Crippen LogP contribution in [-0.2, 0) is 10.0 Å². The molecule has 0 saturated heterocycles. The zero-order valence-corrected chi connectivity index (χ0v) is 11.4. The molecule has 20 heavy (non-hydrogen) atoms. The summed E-state index contributed by atoms with van der Waals surface area (Å²) in [4.78, 5) is -0.400. The van der Waals surface area contributed by atoms with Crippen molar-refractivity contribution >= 4 is 21.4 Å². The van der Waals surface area contributed by atoms with Gasteiger partial charge in [-0.25, -0.2) is 17.2 Å². The molecule has 0 unspecified atom stereocenters. The lowest BCUT2D eigenvalue weighted by Crippen LogP contribution is -2.28. The molecular formula is C13H12F2N2O2S. The summed E-state index contributed by atoms with van der Waals surface area (Å²) in [5, 5.41) is 0.